The van der Waals surface area contributed by atoms with Gasteiger partial charge in [0.25, 0.3) is 0 Å². The van der Waals surface area contributed by atoms with Crippen LogP contribution in [0.1, 0.15) is 26.7 Å². The van der Waals surface area contributed by atoms with Crippen LogP contribution in [0.2, 0.25) is 0 Å². The second kappa shape index (κ2) is 9.72. The van der Waals surface area contributed by atoms with Crippen LogP contribution in [0.3, 0.4) is 0 Å². The maximum absolute atomic E-state index is 5.24. The molecule has 1 saturated carbocycles. The molecule has 0 aromatic rings. The summed E-state index contributed by atoms with van der Waals surface area (Å²) in [6.07, 6.45) is 2.65. The van der Waals surface area contributed by atoms with Crippen LogP contribution < -0.4 is 5.32 Å². The van der Waals surface area contributed by atoms with E-state index >= 15 is 0 Å². The third-order valence-corrected chi connectivity index (χ3v) is 4.74. The van der Waals surface area contributed by atoms with E-state index in [2.05, 4.69) is 31.1 Å². The summed E-state index contributed by atoms with van der Waals surface area (Å²) in [6, 6.07) is 0.640. The van der Waals surface area contributed by atoms with Crippen molar-refractivity contribution in [2.24, 2.45) is 17.8 Å². The van der Waals surface area contributed by atoms with Gasteiger partial charge in [-0.1, -0.05) is 13.8 Å². The Morgan fingerprint density at radius 1 is 1.05 bits per heavy atom. The standard InChI is InChI=1S/C16H34N2O2/c1-13-10-14(2)15(16(11-13)17-3)12-18(6-8-19-4)7-9-20-5/h13-17H,6-12H2,1-5H3. The monoisotopic (exact) mass is 286 g/mol. The van der Waals surface area contributed by atoms with Crippen molar-refractivity contribution < 1.29 is 9.47 Å². The summed E-state index contributed by atoms with van der Waals surface area (Å²) in [5.74, 6) is 2.35. The highest BCUT2D eigenvalue weighted by molar-refractivity contribution is 4.88. The lowest BCUT2D eigenvalue weighted by Gasteiger charge is -2.42. The fraction of sp³-hybridized carbons (Fsp3) is 1.00. The van der Waals surface area contributed by atoms with Crippen molar-refractivity contribution in [2.75, 3.05) is 54.1 Å². The Balaban J connectivity index is 2.58. The van der Waals surface area contributed by atoms with Gasteiger partial charge in [0.15, 0.2) is 0 Å². The van der Waals surface area contributed by atoms with Gasteiger partial charge in [-0.05, 0) is 37.6 Å². The maximum Gasteiger partial charge on any atom is 0.0589 e. The quantitative estimate of drug-likeness (QED) is 0.701. The van der Waals surface area contributed by atoms with Gasteiger partial charge in [-0.3, -0.25) is 4.90 Å². The minimum atomic E-state index is 0.640. The summed E-state index contributed by atoms with van der Waals surface area (Å²) in [6.45, 7) is 9.52. The van der Waals surface area contributed by atoms with Crippen molar-refractivity contribution in [1.82, 2.24) is 10.2 Å². The van der Waals surface area contributed by atoms with Crippen molar-refractivity contribution in [3.05, 3.63) is 0 Å². The Labute approximate surface area is 125 Å². The molecule has 0 amide bonds. The van der Waals surface area contributed by atoms with E-state index in [0.29, 0.717) is 6.04 Å². The zero-order valence-corrected chi connectivity index (χ0v) is 14.0. The Hall–Kier alpha value is -0.160. The molecule has 1 fully saturated rings. The summed E-state index contributed by atoms with van der Waals surface area (Å²) in [4.78, 5) is 2.49. The van der Waals surface area contributed by atoms with Gasteiger partial charge in [-0.25, -0.2) is 0 Å². The van der Waals surface area contributed by atoms with Gasteiger partial charge in [-0.15, -0.1) is 0 Å². The lowest BCUT2D eigenvalue weighted by atomic mass is 9.72. The molecule has 0 radical (unpaired) electrons. The fourth-order valence-corrected chi connectivity index (χ4v) is 3.58. The van der Waals surface area contributed by atoms with Crippen LogP contribution in [0.25, 0.3) is 0 Å². The van der Waals surface area contributed by atoms with Gasteiger partial charge in [-0.2, -0.15) is 0 Å². The number of rotatable bonds is 9. The van der Waals surface area contributed by atoms with Crippen LogP contribution in [0.4, 0.5) is 0 Å². The van der Waals surface area contributed by atoms with Crippen LogP contribution in [0.5, 0.6) is 0 Å². The van der Waals surface area contributed by atoms with Crippen LogP contribution in [-0.4, -0.2) is 65.1 Å². The van der Waals surface area contributed by atoms with Crippen LogP contribution >= 0.6 is 0 Å². The van der Waals surface area contributed by atoms with Crippen LogP contribution in [0.15, 0.2) is 0 Å². The van der Waals surface area contributed by atoms with Gasteiger partial charge in [0.2, 0.25) is 0 Å². The molecule has 4 nitrogen and oxygen atoms in total. The number of ether oxygens (including phenoxy) is 2. The van der Waals surface area contributed by atoms with Crippen molar-refractivity contribution in [2.45, 2.75) is 32.7 Å². The predicted molar refractivity (Wildman–Crippen MR) is 84.1 cm³/mol. The smallest absolute Gasteiger partial charge is 0.0589 e. The highest BCUT2D eigenvalue weighted by atomic mass is 16.5. The SMILES string of the molecule is CNC1CC(C)CC(C)C1CN(CCOC)CCOC. The van der Waals surface area contributed by atoms with Gasteiger partial charge in [0.05, 0.1) is 13.2 Å². The Morgan fingerprint density at radius 3 is 2.15 bits per heavy atom. The second-order valence-electron chi connectivity index (χ2n) is 6.40. The third-order valence-electron chi connectivity index (χ3n) is 4.74. The van der Waals surface area contributed by atoms with E-state index in [-0.39, 0.29) is 0 Å². The molecule has 0 aliphatic heterocycles. The molecule has 4 heteroatoms. The first-order chi connectivity index (χ1) is 9.62. The molecule has 0 heterocycles. The van der Waals surface area contributed by atoms with E-state index in [4.69, 9.17) is 9.47 Å². The number of methoxy groups -OCH3 is 2. The van der Waals surface area contributed by atoms with E-state index in [1.165, 1.54) is 12.8 Å². The summed E-state index contributed by atoms with van der Waals surface area (Å²) in [5.41, 5.74) is 0. The lowest BCUT2D eigenvalue weighted by molar-refractivity contribution is 0.0676. The number of hydrogen-bond donors (Lipinski definition) is 1. The lowest BCUT2D eigenvalue weighted by Crippen LogP contribution is -2.49. The molecular formula is C16H34N2O2. The van der Waals surface area contributed by atoms with E-state index in [9.17, 15) is 0 Å². The first-order valence-corrected chi connectivity index (χ1v) is 7.99. The minimum Gasteiger partial charge on any atom is -0.383 e. The molecule has 1 aliphatic rings. The highest BCUT2D eigenvalue weighted by Gasteiger charge is 2.33. The average molecular weight is 286 g/mol. The van der Waals surface area contributed by atoms with Crippen molar-refractivity contribution in [1.29, 1.82) is 0 Å². The first kappa shape index (κ1) is 17.9. The molecule has 0 bridgehead atoms. The summed E-state index contributed by atoms with van der Waals surface area (Å²) >= 11 is 0. The van der Waals surface area contributed by atoms with E-state index in [0.717, 1.165) is 50.6 Å². The molecule has 4 atom stereocenters. The number of nitrogens with one attached hydrogen (secondary N) is 1. The predicted octanol–water partition coefficient (Wildman–Crippen LogP) is 1.85. The van der Waals surface area contributed by atoms with E-state index in [1.54, 1.807) is 14.2 Å². The van der Waals surface area contributed by atoms with E-state index < -0.39 is 0 Å². The average Bonchev–Trinajstić information content (AvgIpc) is 2.43. The molecular weight excluding hydrogens is 252 g/mol. The Morgan fingerprint density at radius 2 is 1.65 bits per heavy atom. The molecule has 0 aromatic carbocycles. The molecule has 0 aromatic heterocycles. The Bertz CT molecular complexity index is 243. The molecule has 1 rings (SSSR count). The summed E-state index contributed by atoms with van der Waals surface area (Å²) in [7, 11) is 5.66. The van der Waals surface area contributed by atoms with Crippen molar-refractivity contribution in [3.8, 4) is 0 Å². The normalized spacial score (nSPS) is 30.9. The number of hydrogen-bond acceptors (Lipinski definition) is 4. The summed E-state index contributed by atoms with van der Waals surface area (Å²) < 4.78 is 10.5. The highest BCUT2D eigenvalue weighted by Crippen LogP contribution is 2.34. The first-order valence-electron chi connectivity index (χ1n) is 7.99. The molecule has 20 heavy (non-hydrogen) atoms. The molecule has 0 spiro atoms. The maximum atomic E-state index is 5.24. The van der Waals surface area contributed by atoms with Crippen molar-refractivity contribution in [3.63, 3.8) is 0 Å². The zero-order chi connectivity index (χ0) is 15.0. The zero-order valence-electron chi connectivity index (χ0n) is 14.0. The molecule has 120 valence electrons. The van der Waals surface area contributed by atoms with Crippen LogP contribution in [-0.2, 0) is 9.47 Å². The molecule has 1 aliphatic carbocycles. The molecule has 4 unspecified atom stereocenters. The fourth-order valence-electron chi connectivity index (χ4n) is 3.58. The number of nitrogens with zero attached hydrogens (tertiary/aromatic N) is 1. The van der Waals surface area contributed by atoms with Gasteiger partial charge in [0.1, 0.15) is 0 Å². The van der Waals surface area contributed by atoms with Crippen molar-refractivity contribution >= 4 is 0 Å². The van der Waals surface area contributed by atoms with Crippen LogP contribution in [0, 0.1) is 17.8 Å². The summed E-state index contributed by atoms with van der Waals surface area (Å²) in [5, 5.41) is 3.54. The molecule has 0 saturated heterocycles. The van der Waals surface area contributed by atoms with Gasteiger partial charge >= 0.3 is 0 Å². The topological polar surface area (TPSA) is 33.7 Å². The largest absolute Gasteiger partial charge is 0.383 e. The Kier molecular flexibility index (Phi) is 8.69. The minimum absolute atomic E-state index is 0.640. The second-order valence-corrected chi connectivity index (χ2v) is 6.40. The molecule has 1 N–H and O–H groups in total. The third kappa shape index (κ3) is 5.68. The van der Waals surface area contributed by atoms with Gasteiger partial charge in [0, 0.05) is 39.9 Å². The van der Waals surface area contributed by atoms with E-state index in [1.807, 2.05) is 0 Å². The van der Waals surface area contributed by atoms with Gasteiger partial charge < -0.3 is 14.8 Å².